The molecule has 1 heterocycles. The van der Waals surface area contributed by atoms with Crippen LogP contribution in [0.25, 0.3) is 0 Å². The van der Waals surface area contributed by atoms with Gasteiger partial charge >= 0.3 is 6.03 Å². The van der Waals surface area contributed by atoms with Gasteiger partial charge < -0.3 is 4.90 Å². The Labute approximate surface area is 138 Å². The van der Waals surface area contributed by atoms with Crippen molar-refractivity contribution in [2.45, 2.75) is 45.2 Å². The van der Waals surface area contributed by atoms with Crippen molar-refractivity contribution in [2.75, 3.05) is 18.8 Å². The number of sulfone groups is 1. The largest absolute Gasteiger partial charge is 0.346 e. The molecule has 0 unspecified atom stereocenters. The van der Waals surface area contributed by atoms with Crippen LogP contribution in [0.4, 0.5) is 4.79 Å². The molecule has 23 heavy (non-hydrogen) atoms. The predicted octanol–water partition coefficient (Wildman–Crippen LogP) is 2.35. The third kappa shape index (κ3) is 5.78. The second kappa shape index (κ2) is 8.81. The van der Waals surface area contributed by atoms with Crippen LogP contribution in [0, 0.1) is 5.92 Å². The van der Waals surface area contributed by atoms with Crippen molar-refractivity contribution in [1.29, 1.82) is 0 Å². The number of hydrogen-bond donors (Lipinski definition) is 0. The van der Waals surface area contributed by atoms with Gasteiger partial charge in [0, 0.05) is 13.1 Å². The highest BCUT2D eigenvalue weighted by Gasteiger charge is 2.23. The first-order chi connectivity index (χ1) is 10.8. The van der Waals surface area contributed by atoms with Crippen molar-refractivity contribution in [3.63, 3.8) is 0 Å². The summed E-state index contributed by atoms with van der Waals surface area (Å²) in [5, 5.41) is 3.58. The van der Waals surface area contributed by atoms with E-state index in [4.69, 9.17) is 0 Å². The molecule has 130 valence electrons. The zero-order chi connectivity index (χ0) is 17.5. The summed E-state index contributed by atoms with van der Waals surface area (Å²) in [5.41, 5.74) is 0. The molecule has 0 aliphatic rings. The summed E-state index contributed by atoms with van der Waals surface area (Å²) in [7, 11) is -3.54. The normalized spacial score (nSPS) is 11.7. The zero-order valence-electron chi connectivity index (χ0n) is 14.1. The molecule has 1 rings (SSSR count). The third-order valence-corrected chi connectivity index (χ3v) is 4.74. The second-order valence-electron chi connectivity index (χ2n) is 5.87. The van der Waals surface area contributed by atoms with Gasteiger partial charge in [0.25, 0.3) is 5.16 Å². The lowest BCUT2D eigenvalue weighted by atomic mass is 10.2. The number of carbonyl (C=O) groups is 1. The van der Waals surface area contributed by atoms with Gasteiger partial charge in [-0.3, -0.25) is 0 Å². The fraction of sp³-hybridized carbons (Fsp3) is 0.667. The molecule has 0 aliphatic heterocycles. The minimum atomic E-state index is -3.54. The van der Waals surface area contributed by atoms with Gasteiger partial charge in [-0.1, -0.05) is 39.7 Å². The van der Waals surface area contributed by atoms with Gasteiger partial charge in [0.05, 0.1) is 5.75 Å². The fourth-order valence-electron chi connectivity index (χ4n) is 2.09. The number of amides is 1. The van der Waals surface area contributed by atoms with E-state index < -0.39 is 15.9 Å². The summed E-state index contributed by atoms with van der Waals surface area (Å²) < 4.78 is 25.3. The second-order valence-corrected chi connectivity index (χ2v) is 7.87. The van der Waals surface area contributed by atoms with Crippen molar-refractivity contribution in [1.82, 2.24) is 19.7 Å². The lowest BCUT2D eigenvalue weighted by Gasteiger charge is -2.22. The van der Waals surface area contributed by atoms with Gasteiger partial charge in [-0.15, -0.1) is 11.7 Å². The van der Waals surface area contributed by atoms with E-state index in [0.717, 1.165) is 23.9 Å². The molecule has 0 N–H and O–H groups in total. The molecular weight excluding hydrogens is 316 g/mol. The molecule has 0 saturated carbocycles. The molecule has 0 aromatic carbocycles. The Kier molecular flexibility index (Phi) is 7.41. The minimum absolute atomic E-state index is 0.00140. The Balaban J connectivity index is 2.88. The molecule has 0 saturated heterocycles. The third-order valence-electron chi connectivity index (χ3n) is 3.17. The molecule has 1 aromatic heterocycles. The van der Waals surface area contributed by atoms with E-state index in [1.54, 1.807) is 11.0 Å². The van der Waals surface area contributed by atoms with Gasteiger partial charge in [-0.25, -0.2) is 18.2 Å². The molecule has 1 aromatic rings. The van der Waals surface area contributed by atoms with Crippen LogP contribution < -0.4 is 0 Å². The van der Waals surface area contributed by atoms with Crippen LogP contribution in [0.2, 0.25) is 0 Å². The smallest absolute Gasteiger partial charge is 0.319 e. The molecule has 0 bridgehead atoms. The van der Waals surface area contributed by atoms with Crippen LogP contribution in [0.15, 0.2) is 24.1 Å². The Bertz CT molecular complexity index is 622. The first kappa shape index (κ1) is 19.3. The molecule has 1 amide bonds. The topological polar surface area (TPSA) is 85.2 Å². The van der Waals surface area contributed by atoms with Crippen LogP contribution in [0.1, 0.15) is 40.0 Å². The highest BCUT2D eigenvalue weighted by molar-refractivity contribution is 7.91. The summed E-state index contributed by atoms with van der Waals surface area (Å²) >= 11 is 0. The van der Waals surface area contributed by atoms with E-state index >= 15 is 0 Å². The molecule has 8 heteroatoms. The average molecular weight is 342 g/mol. The summed E-state index contributed by atoms with van der Waals surface area (Å²) in [6, 6.07) is -0.402. The predicted molar refractivity (Wildman–Crippen MR) is 89.0 cm³/mol. The van der Waals surface area contributed by atoms with Gasteiger partial charge in [0.2, 0.25) is 9.84 Å². The number of carbonyl (C=O) groups excluding carboxylic acids is 1. The zero-order valence-corrected chi connectivity index (χ0v) is 14.9. The summed E-state index contributed by atoms with van der Waals surface area (Å²) in [6.07, 6.45) is 5.12. The summed E-state index contributed by atoms with van der Waals surface area (Å²) in [6.45, 7) is 10.5. The van der Waals surface area contributed by atoms with E-state index in [-0.39, 0.29) is 16.8 Å². The number of aromatic nitrogens is 3. The van der Waals surface area contributed by atoms with Gasteiger partial charge in [-0.2, -0.15) is 4.68 Å². The standard InChI is InChI=1S/C15H26N4O3S/c1-5-7-8-10-23(21,22)14-16-12-19(17-14)15(20)18(9-6-2)11-13(3)4/h6,12-13H,2,5,7-11H2,1,3-4H3. The number of unbranched alkanes of at least 4 members (excludes halogenated alkanes) is 2. The van der Waals surface area contributed by atoms with Crippen LogP contribution in [-0.4, -0.2) is 53.0 Å². The van der Waals surface area contributed by atoms with Crippen LogP contribution in [0.3, 0.4) is 0 Å². The highest BCUT2D eigenvalue weighted by Crippen LogP contribution is 2.09. The first-order valence-electron chi connectivity index (χ1n) is 7.86. The maximum Gasteiger partial charge on any atom is 0.346 e. The number of hydrogen-bond acceptors (Lipinski definition) is 5. The maximum atomic E-state index is 12.4. The lowest BCUT2D eigenvalue weighted by Crippen LogP contribution is -2.37. The average Bonchev–Trinajstić information content (AvgIpc) is 2.96. The van der Waals surface area contributed by atoms with Crippen molar-refractivity contribution >= 4 is 15.9 Å². The molecule has 0 fully saturated rings. The van der Waals surface area contributed by atoms with E-state index in [9.17, 15) is 13.2 Å². The van der Waals surface area contributed by atoms with Gasteiger partial charge in [0.15, 0.2) is 0 Å². The number of rotatable bonds is 9. The Hall–Kier alpha value is -1.70. The Morgan fingerprint density at radius 3 is 2.70 bits per heavy atom. The molecular formula is C15H26N4O3S. The fourth-order valence-corrected chi connectivity index (χ4v) is 3.27. The molecule has 0 spiro atoms. The van der Waals surface area contributed by atoms with Crippen molar-refractivity contribution in [2.24, 2.45) is 5.92 Å². The minimum Gasteiger partial charge on any atom is -0.319 e. The van der Waals surface area contributed by atoms with Crippen LogP contribution >= 0.6 is 0 Å². The van der Waals surface area contributed by atoms with Crippen molar-refractivity contribution in [3.8, 4) is 0 Å². The highest BCUT2D eigenvalue weighted by atomic mass is 32.2. The summed E-state index contributed by atoms with van der Waals surface area (Å²) in [4.78, 5) is 17.8. The molecule has 0 radical (unpaired) electrons. The monoisotopic (exact) mass is 342 g/mol. The molecule has 0 atom stereocenters. The SMILES string of the molecule is C=CCN(CC(C)C)C(=O)n1cnc(S(=O)(=O)CCCCC)n1. The van der Waals surface area contributed by atoms with Gasteiger partial charge in [0.1, 0.15) is 6.33 Å². The van der Waals surface area contributed by atoms with Crippen molar-refractivity contribution in [3.05, 3.63) is 19.0 Å². The molecule has 0 aliphatic carbocycles. The quantitative estimate of drug-likeness (QED) is 0.508. The van der Waals surface area contributed by atoms with E-state index in [1.165, 1.54) is 0 Å². The first-order valence-corrected chi connectivity index (χ1v) is 9.51. The van der Waals surface area contributed by atoms with Crippen LogP contribution in [0.5, 0.6) is 0 Å². The van der Waals surface area contributed by atoms with Gasteiger partial charge in [-0.05, 0) is 12.3 Å². The van der Waals surface area contributed by atoms with Crippen LogP contribution in [-0.2, 0) is 9.84 Å². The molecule has 7 nitrogen and oxygen atoms in total. The van der Waals surface area contributed by atoms with Crippen molar-refractivity contribution < 1.29 is 13.2 Å². The van der Waals surface area contributed by atoms with E-state index in [0.29, 0.717) is 19.5 Å². The van der Waals surface area contributed by atoms with E-state index in [2.05, 4.69) is 16.7 Å². The Morgan fingerprint density at radius 2 is 2.13 bits per heavy atom. The lowest BCUT2D eigenvalue weighted by molar-refractivity contribution is 0.195. The maximum absolute atomic E-state index is 12.4. The Morgan fingerprint density at radius 1 is 1.43 bits per heavy atom. The number of nitrogens with zero attached hydrogens (tertiary/aromatic N) is 4. The summed E-state index contributed by atoms with van der Waals surface area (Å²) in [5.74, 6) is 0.279. The van der Waals surface area contributed by atoms with E-state index in [1.807, 2.05) is 20.8 Å².